The van der Waals surface area contributed by atoms with Gasteiger partial charge in [-0.2, -0.15) is 0 Å². The maximum Gasteiger partial charge on any atom is 0.273 e. The Morgan fingerprint density at radius 1 is 1.14 bits per heavy atom. The number of hydrogen-bond acceptors (Lipinski definition) is 4. The maximum atomic E-state index is 12.7. The molecule has 29 heavy (non-hydrogen) atoms. The van der Waals surface area contributed by atoms with Crippen LogP contribution < -0.4 is 5.32 Å². The van der Waals surface area contributed by atoms with Crippen molar-refractivity contribution in [2.24, 2.45) is 5.92 Å². The molecule has 1 saturated carbocycles. The van der Waals surface area contributed by atoms with Crippen LogP contribution in [-0.4, -0.2) is 40.7 Å². The van der Waals surface area contributed by atoms with E-state index in [-0.39, 0.29) is 11.3 Å². The minimum atomic E-state index is -0.143. The predicted molar refractivity (Wildman–Crippen MR) is 112 cm³/mol. The van der Waals surface area contributed by atoms with Gasteiger partial charge in [0, 0.05) is 31.7 Å². The average molecular weight is 397 g/mol. The predicted octanol–water partition coefficient (Wildman–Crippen LogP) is 3.73. The molecule has 1 aliphatic heterocycles. The summed E-state index contributed by atoms with van der Waals surface area (Å²) in [5.41, 5.74) is 1.59. The van der Waals surface area contributed by atoms with Crippen LogP contribution in [0.5, 0.6) is 0 Å². The van der Waals surface area contributed by atoms with E-state index in [9.17, 15) is 4.79 Å². The average Bonchev–Trinajstić information content (AvgIpc) is 3.27. The van der Waals surface area contributed by atoms with Gasteiger partial charge in [-0.3, -0.25) is 9.48 Å². The monoisotopic (exact) mass is 396 g/mol. The number of carbonyl (C=O) groups excluding carboxylic acids is 1. The number of rotatable bonds is 7. The van der Waals surface area contributed by atoms with Gasteiger partial charge in [-0.15, -0.1) is 5.10 Å². The van der Waals surface area contributed by atoms with Crippen molar-refractivity contribution in [3.63, 3.8) is 0 Å². The first-order chi connectivity index (χ1) is 14.3. The Morgan fingerprint density at radius 2 is 1.90 bits per heavy atom. The number of ether oxygens (including phenoxy) is 1. The first-order valence-corrected chi connectivity index (χ1v) is 11.1. The van der Waals surface area contributed by atoms with E-state index in [0.29, 0.717) is 12.2 Å². The van der Waals surface area contributed by atoms with Gasteiger partial charge >= 0.3 is 0 Å². The van der Waals surface area contributed by atoms with E-state index in [0.717, 1.165) is 44.9 Å². The third-order valence-electron chi connectivity index (χ3n) is 6.69. The van der Waals surface area contributed by atoms with E-state index >= 15 is 0 Å². The van der Waals surface area contributed by atoms with E-state index < -0.39 is 0 Å². The highest BCUT2D eigenvalue weighted by Gasteiger charge is 2.35. The van der Waals surface area contributed by atoms with Gasteiger partial charge in [-0.25, -0.2) is 0 Å². The van der Waals surface area contributed by atoms with E-state index in [1.54, 1.807) is 6.20 Å². The Bertz CT molecular complexity index is 777. The largest absolute Gasteiger partial charge is 0.381 e. The lowest BCUT2D eigenvalue weighted by molar-refractivity contribution is 0.0486. The van der Waals surface area contributed by atoms with Crippen molar-refractivity contribution in [1.29, 1.82) is 0 Å². The molecule has 0 unspecified atom stereocenters. The molecule has 1 saturated heterocycles. The standard InChI is InChI=1S/C23H32N4O2/c28-22(21-17-27(26-25-21)14-11-19-7-3-1-4-8-19)24-18-23(12-15-29-16-13-23)20-9-5-2-6-10-20/h2,5-6,9-10,17,19H,1,3-4,7-8,11-16,18H2,(H,24,28). The lowest BCUT2D eigenvalue weighted by Gasteiger charge is -2.37. The Hall–Kier alpha value is -2.21. The Balaban J connectivity index is 1.34. The normalized spacial score (nSPS) is 19.7. The van der Waals surface area contributed by atoms with Crippen molar-refractivity contribution in [1.82, 2.24) is 20.3 Å². The van der Waals surface area contributed by atoms with Crippen LogP contribution in [0.1, 0.15) is 67.4 Å². The molecule has 6 heteroatoms. The first kappa shape index (κ1) is 20.1. The minimum absolute atomic E-state index is 0.0772. The van der Waals surface area contributed by atoms with Gasteiger partial charge in [-0.1, -0.05) is 67.6 Å². The number of carbonyl (C=O) groups is 1. The Kier molecular flexibility index (Phi) is 6.60. The van der Waals surface area contributed by atoms with Gasteiger partial charge in [0.2, 0.25) is 0 Å². The number of aromatic nitrogens is 3. The Morgan fingerprint density at radius 3 is 2.66 bits per heavy atom. The molecule has 1 aromatic heterocycles. The molecule has 0 atom stereocenters. The molecule has 1 amide bonds. The van der Waals surface area contributed by atoms with Crippen molar-refractivity contribution in [3.05, 3.63) is 47.8 Å². The zero-order valence-electron chi connectivity index (χ0n) is 17.2. The third kappa shape index (κ3) is 5.04. The highest BCUT2D eigenvalue weighted by molar-refractivity contribution is 5.91. The van der Waals surface area contributed by atoms with Crippen LogP contribution in [0.15, 0.2) is 36.5 Å². The molecule has 1 aromatic carbocycles. The summed E-state index contributed by atoms with van der Waals surface area (Å²) < 4.78 is 7.40. The molecule has 2 fully saturated rings. The SMILES string of the molecule is O=C(NCC1(c2ccccc2)CCOCC1)c1cn(CCC2CCCCC2)nn1. The summed E-state index contributed by atoms with van der Waals surface area (Å²) in [6.45, 7) is 2.88. The number of nitrogens with one attached hydrogen (secondary N) is 1. The van der Waals surface area contributed by atoms with Crippen LogP contribution in [0.3, 0.4) is 0 Å². The zero-order chi connectivity index (χ0) is 19.9. The molecular weight excluding hydrogens is 364 g/mol. The number of amides is 1. The number of benzene rings is 1. The zero-order valence-corrected chi connectivity index (χ0v) is 17.2. The fourth-order valence-electron chi connectivity index (χ4n) is 4.76. The Labute approximate surface area is 173 Å². The highest BCUT2D eigenvalue weighted by atomic mass is 16.5. The highest BCUT2D eigenvalue weighted by Crippen LogP contribution is 2.34. The second-order valence-corrected chi connectivity index (χ2v) is 8.60. The molecule has 2 aliphatic rings. The second kappa shape index (κ2) is 9.53. The summed E-state index contributed by atoms with van der Waals surface area (Å²) in [5.74, 6) is 0.653. The molecule has 6 nitrogen and oxygen atoms in total. The lowest BCUT2D eigenvalue weighted by atomic mass is 9.74. The molecule has 2 heterocycles. The third-order valence-corrected chi connectivity index (χ3v) is 6.69. The molecule has 0 bridgehead atoms. The van der Waals surface area contributed by atoms with Crippen LogP contribution in [-0.2, 0) is 16.7 Å². The summed E-state index contributed by atoms with van der Waals surface area (Å²) in [6.07, 6.45) is 11.5. The van der Waals surface area contributed by atoms with Gasteiger partial charge in [-0.05, 0) is 30.7 Å². The quantitative estimate of drug-likeness (QED) is 0.774. The van der Waals surface area contributed by atoms with Gasteiger partial charge in [0.15, 0.2) is 5.69 Å². The number of nitrogens with zero attached hydrogens (tertiary/aromatic N) is 3. The second-order valence-electron chi connectivity index (χ2n) is 8.60. The van der Waals surface area contributed by atoms with E-state index in [4.69, 9.17) is 4.74 Å². The summed E-state index contributed by atoms with van der Waals surface area (Å²) in [5, 5.41) is 11.4. The van der Waals surface area contributed by atoms with E-state index in [1.807, 2.05) is 10.7 Å². The molecule has 0 radical (unpaired) electrons. The van der Waals surface area contributed by atoms with Gasteiger partial charge in [0.1, 0.15) is 0 Å². The summed E-state index contributed by atoms with van der Waals surface area (Å²) in [6, 6.07) is 10.5. The van der Waals surface area contributed by atoms with Gasteiger partial charge < -0.3 is 10.1 Å². The number of hydrogen-bond donors (Lipinski definition) is 1. The van der Waals surface area contributed by atoms with Crippen molar-refractivity contribution in [2.45, 2.75) is 63.3 Å². The van der Waals surface area contributed by atoms with Crippen molar-refractivity contribution >= 4 is 5.91 Å². The minimum Gasteiger partial charge on any atom is -0.381 e. The van der Waals surface area contributed by atoms with Crippen molar-refractivity contribution in [2.75, 3.05) is 19.8 Å². The summed E-state index contributed by atoms with van der Waals surface area (Å²) in [7, 11) is 0. The fraction of sp³-hybridized carbons (Fsp3) is 0.609. The lowest BCUT2D eigenvalue weighted by Crippen LogP contribution is -2.44. The van der Waals surface area contributed by atoms with Crippen molar-refractivity contribution < 1.29 is 9.53 Å². The van der Waals surface area contributed by atoms with Gasteiger partial charge in [0.05, 0.1) is 6.20 Å². The van der Waals surface area contributed by atoms with Crippen molar-refractivity contribution in [3.8, 4) is 0 Å². The molecule has 0 spiro atoms. The van der Waals surface area contributed by atoms with Crippen LogP contribution in [0.2, 0.25) is 0 Å². The number of aryl methyl sites for hydroxylation is 1. The molecular formula is C23H32N4O2. The van der Waals surface area contributed by atoms with Crippen LogP contribution in [0.25, 0.3) is 0 Å². The molecule has 4 rings (SSSR count). The summed E-state index contributed by atoms with van der Waals surface area (Å²) in [4.78, 5) is 12.7. The smallest absolute Gasteiger partial charge is 0.273 e. The molecule has 156 valence electrons. The fourth-order valence-corrected chi connectivity index (χ4v) is 4.76. The molecule has 2 aromatic rings. The summed E-state index contributed by atoms with van der Waals surface area (Å²) >= 11 is 0. The van der Waals surface area contributed by atoms with E-state index in [1.165, 1.54) is 37.7 Å². The topological polar surface area (TPSA) is 69.0 Å². The molecule has 1 aliphatic carbocycles. The van der Waals surface area contributed by atoms with Crippen LogP contribution in [0.4, 0.5) is 0 Å². The molecule has 1 N–H and O–H groups in total. The first-order valence-electron chi connectivity index (χ1n) is 11.1. The van der Waals surface area contributed by atoms with Gasteiger partial charge in [0.25, 0.3) is 5.91 Å². The van der Waals surface area contributed by atoms with Crippen LogP contribution >= 0.6 is 0 Å². The van der Waals surface area contributed by atoms with E-state index in [2.05, 4.69) is 39.9 Å². The van der Waals surface area contributed by atoms with Crippen LogP contribution in [0, 0.1) is 5.92 Å². The maximum absolute atomic E-state index is 12.7.